The molecule has 0 unspecified atom stereocenters. The van der Waals surface area contributed by atoms with Gasteiger partial charge in [0.2, 0.25) is 0 Å². The molecule has 1 N–H and O–H groups in total. The zero-order chi connectivity index (χ0) is 24.5. The number of carbonyl (C=O) groups excluding carboxylic acids is 2. The Hall–Kier alpha value is -3.75. The molecule has 0 aliphatic rings. The molecule has 5 heteroatoms. The van der Waals surface area contributed by atoms with Gasteiger partial charge in [-0.05, 0) is 42.0 Å². The van der Waals surface area contributed by atoms with Crippen LogP contribution in [-0.4, -0.2) is 31.2 Å². The van der Waals surface area contributed by atoms with E-state index in [4.69, 9.17) is 4.74 Å². The molecule has 0 heterocycles. The molecule has 35 heavy (non-hydrogen) atoms. The smallest absolute Gasteiger partial charge is 0.328 e. The fourth-order valence-electron chi connectivity index (χ4n) is 4.41. The number of hydrogen-bond acceptors (Lipinski definition) is 3. The van der Waals surface area contributed by atoms with Gasteiger partial charge in [0.05, 0.1) is 7.11 Å². The summed E-state index contributed by atoms with van der Waals surface area (Å²) in [4.78, 5) is 26.3. The number of benzene rings is 4. The van der Waals surface area contributed by atoms with Crippen LogP contribution >= 0.6 is 7.26 Å². The van der Waals surface area contributed by atoms with Crippen LogP contribution in [0.2, 0.25) is 0 Å². The minimum Gasteiger partial charge on any atom is -0.467 e. The number of hydrogen-bond donors (Lipinski definition) is 1. The van der Waals surface area contributed by atoms with E-state index in [2.05, 4.69) is 41.7 Å². The normalized spacial score (nSPS) is 11.9. The molecule has 1 amide bonds. The van der Waals surface area contributed by atoms with Crippen LogP contribution in [0.4, 0.5) is 0 Å². The highest BCUT2D eigenvalue weighted by Crippen LogP contribution is 2.55. The highest BCUT2D eigenvalue weighted by atomic mass is 31.2. The van der Waals surface area contributed by atoms with Gasteiger partial charge in [0.1, 0.15) is 29.2 Å². The highest BCUT2D eigenvalue weighted by Gasteiger charge is 2.47. The molecule has 4 rings (SSSR count). The van der Waals surface area contributed by atoms with Crippen molar-refractivity contribution in [1.29, 1.82) is 0 Å². The molecule has 176 valence electrons. The minimum absolute atomic E-state index is 0.179. The van der Waals surface area contributed by atoms with Crippen LogP contribution in [0.5, 0.6) is 0 Å². The average Bonchev–Trinajstić information content (AvgIpc) is 2.93. The lowest BCUT2D eigenvalue weighted by Gasteiger charge is -2.28. The molecule has 0 bridgehead atoms. The number of nitrogens with one attached hydrogen (secondary N) is 1. The topological polar surface area (TPSA) is 55.4 Å². The summed E-state index contributed by atoms with van der Waals surface area (Å²) >= 11 is 0. The Kier molecular flexibility index (Phi) is 8.07. The standard InChI is InChI=1S/C30H28NO3P/c1-34-30(33)28(22-24-14-6-2-7-15-24)31-29(32)23-35(25-16-8-3-9-17-25,26-18-10-4-11-19-26)27-20-12-5-13-21-27/h2-21,28H,22-23H2,1H3/p+1/t28-/m0/s1. The summed E-state index contributed by atoms with van der Waals surface area (Å²) in [5, 5.41) is 6.34. The van der Waals surface area contributed by atoms with Crippen LogP contribution in [-0.2, 0) is 20.7 Å². The predicted molar refractivity (Wildman–Crippen MR) is 144 cm³/mol. The highest BCUT2D eigenvalue weighted by molar-refractivity contribution is 7.96. The Labute approximate surface area is 207 Å². The molecule has 1 atom stereocenters. The molecule has 0 aliphatic carbocycles. The monoisotopic (exact) mass is 482 g/mol. The number of esters is 1. The number of ether oxygens (including phenoxy) is 1. The van der Waals surface area contributed by atoms with Gasteiger partial charge in [-0.2, -0.15) is 0 Å². The van der Waals surface area contributed by atoms with E-state index in [0.29, 0.717) is 6.42 Å². The molecule has 0 aliphatic heterocycles. The van der Waals surface area contributed by atoms with E-state index in [-0.39, 0.29) is 12.1 Å². The molecular formula is C30H29NO3P+. The SMILES string of the molecule is COC(=O)[C@H](Cc1ccccc1)NC(=O)C[P+](c1ccccc1)(c1ccccc1)c1ccccc1. The number of methoxy groups -OCH3 is 1. The second-order valence-electron chi connectivity index (χ2n) is 8.31. The zero-order valence-electron chi connectivity index (χ0n) is 19.7. The van der Waals surface area contributed by atoms with Crippen molar-refractivity contribution in [2.45, 2.75) is 12.5 Å². The first kappa shape index (κ1) is 24.4. The summed E-state index contributed by atoms with van der Waals surface area (Å²) in [6, 6.07) is 39.5. The quantitative estimate of drug-likeness (QED) is 0.291. The molecule has 0 fully saturated rings. The fraction of sp³-hybridized carbons (Fsp3) is 0.133. The van der Waals surface area contributed by atoms with Crippen molar-refractivity contribution in [3.63, 3.8) is 0 Å². The summed E-state index contributed by atoms with van der Waals surface area (Å²) in [5.74, 6) is -0.633. The largest absolute Gasteiger partial charge is 0.467 e. The van der Waals surface area contributed by atoms with Crippen molar-refractivity contribution in [2.75, 3.05) is 13.3 Å². The Morgan fingerprint density at radius 3 is 1.49 bits per heavy atom. The van der Waals surface area contributed by atoms with Gasteiger partial charge >= 0.3 is 5.97 Å². The lowest BCUT2D eigenvalue weighted by atomic mass is 10.1. The Balaban J connectivity index is 1.74. The number of carbonyl (C=O) groups is 2. The molecule has 0 saturated carbocycles. The van der Waals surface area contributed by atoms with Crippen molar-refractivity contribution < 1.29 is 14.3 Å². The maximum Gasteiger partial charge on any atom is 0.328 e. The van der Waals surface area contributed by atoms with Gasteiger partial charge in [0, 0.05) is 6.42 Å². The van der Waals surface area contributed by atoms with Crippen molar-refractivity contribution >= 4 is 35.1 Å². The third kappa shape index (κ3) is 5.67. The summed E-state index contributed by atoms with van der Waals surface area (Å²) in [5.41, 5.74) is 0.957. The van der Waals surface area contributed by atoms with Gasteiger partial charge in [-0.1, -0.05) is 84.9 Å². The summed E-state index contributed by atoms with van der Waals surface area (Å²) in [7, 11) is -1.00. The van der Waals surface area contributed by atoms with Crippen LogP contribution < -0.4 is 21.2 Å². The maximum absolute atomic E-state index is 13.7. The number of rotatable bonds is 9. The molecule has 4 nitrogen and oxygen atoms in total. The van der Waals surface area contributed by atoms with Crippen LogP contribution in [0, 0.1) is 0 Å². The second kappa shape index (κ2) is 11.6. The van der Waals surface area contributed by atoms with E-state index in [0.717, 1.165) is 21.5 Å². The third-order valence-electron chi connectivity index (χ3n) is 6.08. The molecule has 0 aromatic heterocycles. The van der Waals surface area contributed by atoms with Crippen LogP contribution in [0.3, 0.4) is 0 Å². The van der Waals surface area contributed by atoms with E-state index in [1.54, 1.807) is 0 Å². The summed E-state index contributed by atoms with van der Waals surface area (Å²) in [6.45, 7) is 0. The number of amides is 1. The van der Waals surface area contributed by atoms with E-state index < -0.39 is 19.3 Å². The molecule has 4 aromatic carbocycles. The van der Waals surface area contributed by atoms with Crippen molar-refractivity contribution in [2.24, 2.45) is 0 Å². The fourth-order valence-corrected chi connectivity index (χ4v) is 8.42. The van der Waals surface area contributed by atoms with E-state index in [9.17, 15) is 9.59 Å². The Morgan fingerprint density at radius 2 is 1.09 bits per heavy atom. The van der Waals surface area contributed by atoms with Gasteiger partial charge < -0.3 is 10.1 Å². The second-order valence-corrected chi connectivity index (χ2v) is 11.8. The van der Waals surface area contributed by atoms with E-state index in [1.807, 2.05) is 84.9 Å². The minimum atomic E-state index is -2.35. The van der Waals surface area contributed by atoms with Gasteiger partial charge in [-0.15, -0.1) is 0 Å². The molecule has 0 saturated heterocycles. The van der Waals surface area contributed by atoms with Crippen molar-refractivity contribution in [3.05, 3.63) is 127 Å². The maximum atomic E-state index is 13.7. The summed E-state index contributed by atoms with van der Waals surface area (Å²) in [6.07, 6.45) is 0.611. The Bertz CT molecular complexity index is 1140. The van der Waals surface area contributed by atoms with E-state index >= 15 is 0 Å². The first-order valence-electron chi connectivity index (χ1n) is 11.6. The molecule has 0 spiro atoms. The lowest BCUT2D eigenvalue weighted by molar-refractivity contribution is -0.144. The third-order valence-corrected chi connectivity index (χ3v) is 10.4. The van der Waals surface area contributed by atoms with Crippen LogP contribution in [0.1, 0.15) is 5.56 Å². The van der Waals surface area contributed by atoms with Gasteiger partial charge in [0.25, 0.3) is 5.91 Å². The van der Waals surface area contributed by atoms with Gasteiger partial charge in [-0.25, -0.2) is 4.79 Å². The lowest BCUT2D eigenvalue weighted by Crippen LogP contribution is -2.47. The first-order valence-corrected chi connectivity index (χ1v) is 13.6. The molecular weight excluding hydrogens is 453 g/mol. The van der Waals surface area contributed by atoms with Crippen molar-refractivity contribution in [1.82, 2.24) is 5.32 Å². The molecule has 4 aromatic rings. The molecule has 0 radical (unpaired) electrons. The first-order chi connectivity index (χ1) is 17.1. The van der Waals surface area contributed by atoms with Crippen molar-refractivity contribution in [3.8, 4) is 0 Å². The predicted octanol–water partition coefficient (Wildman–Crippen LogP) is 3.88. The van der Waals surface area contributed by atoms with Gasteiger partial charge in [0.15, 0.2) is 6.16 Å². The van der Waals surface area contributed by atoms with Crippen LogP contribution in [0.15, 0.2) is 121 Å². The summed E-state index contributed by atoms with van der Waals surface area (Å²) < 4.78 is 5.02. The average molecular weight is 483 g/mol. The van der Waals surface area contributed by atoms with E-state index in [1.165, 1.54) is 7.11 Å². The Morgan fingerprint density at radius 1 is 0.686 bits per heavy atom. The zero-order valence-corrected chi connectivity index (χ0v) is 20.6. The van der Waals surface area contributed by atoms with Gasteiger partial charge in [-0.3, -0.25) is 4.79 Å². The van der Waals surface area contributed by atoms with Crippen LogP contribution in [0.25, 0.3) is 0 Å².